The van der Waals surface area contributed by atoms with Gasteiger partial charge in [-0.2, -0.15) is 0 Å². The second-order valence-electron chi connectivity index (χ2n) is 6.72. The SMILES string of the molecule is O=C1SC(=O)N(Cc2ccccc2)C1OCCCN1CSc2ccccc2C1=O. The van der Waals surface area contributed by atoms with E-state index in [9.17, 15) is 14.4 Å². The van der Waals surface area contributed by atoms with Crippen molar-refractivity contribution in [1.82, 2.24) is 9.80 Å². The summed E-state index contributed by atoms with van der Waals surface area (Å²) in [4.78, 5) is 41.2. The Balaban J connectivity index is 1.30. The summed E-state index contributed by atoms with van der Waals surface area (Å²) in [6.07, 6.45) is -0.282. The molecule has 8 heteroatoms. The first-order chi connectivity index (χ1) is 14.1. The van der Waals surface area contributed by atoms with E-state index in [1.807, 2.05) is 54.6 Å². The van der Waals surface area contributed by atoms with Gasteiger partial charge in [0.05, 0.1) is 18.0 Å². The Labute approximate surface area is 177 Å². The quantitative estimate of drug-likeness (QED) is 0.625. The van der Waals surface area contributed by atoms with Crippen LogP contribution in [0.1, 0.15) is 22.3 Å². The fraction of sp³-hybridized carbons (Fsp3) is 0.286. The van der Waals surface area contributed by atoms with Crippen LogP contribution in [0.25, 0.3) is 0 Å². The monoisotopic (exact) mass is 428 g/mol. The Morgan fingerprint density at radius 3 is 2.59 bits per heavy atom. The number of nitrogens with zero attached hydrogens (tertiary/aromatic N) is 2. The highest BCUT2D eigenvalue weighted by Crippen LogP contribution is 2.30. The molecule has 1 saturated heterocycles. The fourth-order valence-corrected chi connectivity index (χ4v) is 5.04. The number of ether oxygens (including phenoxy) is 1. The minimum Gasteiger partial charge on any atom is -0.350 e. The van der Waals surface area contributed by atoms with Crippen LogP contribution in [0.3, 0.4) is 0 Å². The molecule has 1 fully saturated rings. The van der Waals surface area contributed by atoms with Gasteiger partial charge in [-0.15, -0.1) is 11.8 Å². The third-order valence-electron chi connectivity index (χ3n) is 4.73. The van der Waals surface area contributed by atoms with E-state index in [0.717, 1.165) is 16.0 Å². The molecule has 0 spiro atoms. The zero-order chi connectivity index (χ0) is 20.2. The largest absolute Gasteiger partial charge is 0.350 e. The Morgan fingerprint density at radius 1 is 1.00 bits per heavy atom. The molecule has 2 heterocycles. The molecule has 6 nitrogen and oxygen atoms in total. The van der Waals surface area contributed by atoms with Crippen molar-refractivity contribution in [1.29, 1.82) is 0 Å². The second kappa shape index (κ2) is 9.02. The Bertz CT molecular complexity index is 922. The van der Waals surface area contributed by atoms with Gasteiger partial charge >= 0.3 is 0 Å². The summed E-state index contributed by atoms with van der Waals surface area (Å²) in [5.74, 6) is 0.625. The average Bonchev–Trinajstić information content (AvgIpc) is 3.00. The maximum absolute atomic E-state index is 12.6. The molecule has 150 valence electrons. The lowest BCUT2D eigenvalue weighted by Gasteiger charge is -2.28. The first kappa shape index (κ1) is 20.0. The zero-order valence-corrected chi connectivity index (χ0v) is 17.3. The summed E-state index contributed by atoms with van der Waals surface area (Å²) in [6.45, 7) is 1.17. The highest BCUT2D eigenvalue weighted by Gasteiger charge is 2.40. The summed E-state index contributed by atoms with van der Waals surface area (Å²) < 4.78 is 5.76. The lowest BCUT2D eigenvalue weighted by Crippen LogP contribution is -2.38. The first-order valence-electron chi connectivity index (χ1n) is 9.32. The van der Waals surface area contributed by atoms with Crippen LogP contribution in [0.15, 0.2) is 59.5 Å². The Kier molecular flexibility index (Phi) is 6.22. The predicted molar refractivity (Wildman–Crippen MR) is 113 cm³/mol. The van der Waals surface area contributed by atoms with E-state index in [0.29, 0.717) is 43.8 Å². The molecule has 0 radical (unpaired) electrons. The molecule has 2 aliphatic heterocycles. The van der Waals surface area contributed by atoms with Crippen molar-refractivity contribution in [2.45, 2.75) is 24.1 Å². The molecule has 0 aliphatic carbocycles. The molecule has 29 heavy (non-hydrogen) atoms. The number of rotatable bonds is 7. The number of amides is 2. The molecule has 0 N–H and O–H groups in total. The predicted octanol–water partition coefficient (Wildman–Crippen LogP) is 3.82. The first-order valence-corrected chi connectivity index (χ1v) is 11.1. The van der Waals surface area contributed by atoms with Crippen molar-refractivity contribution in [2.75, 3.05) is 19.0 Å². The molecular weight excluding hydrogens is 408 g/mol. The van der Waals surface area contributed by atoms with Gasteiger partial charge in [0.2, 0.25) is 11.3 Å². The van der Waals surface area contributed by atoms with Crippen LogP contribution in [0.4, 0.5) is 4.79 Å². The summed E-state index contributed by atoms with van der Waals surface area (Å²) in [5, 5.41) is -0.576. The van der Waals surface area contributed by atoms with Gasteiger partial charge in [0, 0.05) is 29.7 Å². The number of hydrogen-bond donors (Lipinski definition) is 0. The smallest absolute Gasteiger partial charge is 0.292 e. The molecule has 0 aromatic heterocycles. The minimum absolute atomic E-state index is 0.0210. The van der Waals surface area contributed by atoms with Crippen molar-refractivity contribution in [3.8, 4) is 0 Å². The van der Waals surface area contributed by atoms with Crippen molar-refractivity contribution >= 4 is 39.8 Å². The number of benzene rings is 2. The van der Waals surface area contributed by atoms with Gasteiger partial charge < -0.3 is 9.64 Å². The lowest BCUT2D eigenvalue weighted by molar-refractivity contribution is -0.129. The number of fused-ring (bicyclic) bond motifs is 1. The van der Waals surface area contributed by atoms with E-state index in [1.54, 1.807) is 16.7 Å². The van der Waals surface area contributed by atoms with Gasteiger partial charge in [0.15, 0.2) is 0 Å². The van der Waals surface area contributed by atoms with Crippen LogP contribution in [-0.2, 0) is 16.1 Å². The van der Waals surface area contributed by atoms with E-state index in [4.69, 9.17) is 4.74 Å². The van der Waals surface area contributed by atoms with Crippen LogP contribution >= 0.6 is 23.5 Å². The van der Waals surface area contributed by atoms with E-state index < -0.39 is 6.23 Å². The number of carbonyl (C=O) groups excluding carboxylic acids is 3. The lowest BCUT2D eigenvalue weighted by atomic mass is 10.2. The molecule has 1 atom stereocenters. The molecule has 2 aromatic carbocycles. The number of hydrogen-bond acceptors (Lipinski definition) is 6. The van der Waals surface area contributed by atoms with Crippen LogP contribution in [0, 0.1) is 0 Å². The zero-order valence-electron chi connectivity index (χ0n) is 15.7. The van der Waals surface area contributed by atoms with Crippen LogP contribution in [-0.4, -0.2) is 51.3 Å². The van der Waals surface area contributed by atoms with E-state index in [1.165, 1.54) is 4.90 Å². The Morgan fingerprint density at radius 2 is 1.76 bits per heavy atom. The molecule has 1 unspecified atom stereocenters. The third kappa shape index (κ3) is 4.49. The molecule has 2 amide bonds. The van der Waals surface area contributed by atoms with E-state index >= 15 is 0 Å². The molecule has 2 aliphatic rings. The number of carbonyl (C=O) groups is 3. The van der Waals surface area contributed by atoms with E-state index in [2.05, 4.69) is 0 Å². The van der Waals surface area contributed by atoms with Crippen molar-refractivity contribution in [3.63, 3.8) is 0 Å². The van der Waals surface area contributed by atoms with Crippen molar-refractivity contribution < 1.29 is 19.1 Å². The highest BCUT2D eigenvalue weighted by molar-refractivity contribution is 8.26. The van der Waals surface area contributed by atoms with E-state index in [-0.39, 0.29) is 16.3 Å². The maximum Gasteiger partial charge on any atom is 0.292 e. The van der Waals surface area contributed by atoms with Gasteiger partial charge in [-0.3, -0.25) is 19.3 Å². The minimum atomic E-state index is -0.875. The molecule has 0 bridgehead atoms. The fourth-order valence-electron chi connectivity index (χ4n) is 3.27. The topological polar surface area (TPSA) is 66.9 Å². The molecular formula is C21H20N2O4S2. The molecule has 0 saturated carbocycles. The van der Waals surface area contributed by atoms with Gasteiger partial charge in [-0.1, -0.05) is 42.5 Å². The second-order valence-corrected chi connectivity index (χ2v) is 8.66. The Hall–Kier alpha value is -2.29. The summed E-state index contributed by atoms with van der Waals surface area (Å²) in [6, 6.07) is 17.1. The maximum atomic E-state index is 12.6. The summed E-state index contributed by atoms with van der Waals surface area (Å²) >= 11 is 2.33. The van der Waals surface area contributed by atoms with Gasteiger partial charge in [0.25, 0.3) is 11.1 Å². The van der Waals surface area contributed by atoms with Crippen LogP contribution in [0.5, 0.6) is 0 Å². The normalized spacial score (nSPS) is 19.0. The third-order valence-corrected chi connectivity index (χ3v) is 6.65. The van der Waals surface area contributed by atoms with Crippen molar-refractivity contribution in [3.05, 3.63) is 65.7 Å². The van der Waals surface area contributed by atoms with Gasteiger partial charge in [0.1, 0.15) is 0 Å². The standard InChI is InChI=1S/C21H20N2O4S2/c24-18-16-9-4-5-10-17(16)28-14-22(18)11-6-12-27-19-20(25)29-21(26)23(19)13-15-7-2-1-3-8-15/h1-5,7-10,19H,6,11-14H2. The van der Waals surface area contributed by atoms with Crippen LogP contribution < -0.4 is 0 Å². The molecule has 4 rings (SSSR count). The van der Waals surface area contributed by atoms with Crippen LogP contribution in [0.2, 0.25) is 0 Å². The highest BCUT2D eigenvalue weighted by atomic mass is 32.2. The summed E-state index contributed by atoms with van der Waals surface area (Å²) in [7, 11) is 0. The summed E-state index contributed by atoms with van der Waals surface area (Å²) in [5.41, 5.74) is 1.67. The van der Waals surface area contributed by atoms with Gasteiger partial charge in [-0.05, 0) is 24.1 Å². The van der Waals surface area contributed by atoms with Gasteiger partial charge in [-0.25, -0.2) is 0 Å². The number of thioether (sulfide) groups is 2. The average molecular weight is 429 g/mol. The molecule has 2 aromatic rings. The van der Waals surface area contributed by atoms with Crippen molar-refractivity contribution in [2.24, 2.45) is 0 Å².